The van der Waals surface area contributed by atoms with E-state index in [-0.39, 0.29) is 22.3 Å². The van der Waals surface area contributed by atoms with Crippen molar-refractivity contribution < 1.29 is 23.8 Å². The minimum atomic E-state index is -1.37. The molecule has 0 aliphatic carbocycles. The summed E-state index contributed by atoms with van der Waals surface area (Å²) in [6.45, 7) is 4.98. The topological polar surface area (TPSA) is 110 Å². The van der Waals surface area contributed by atoms with Crippen molar-refractivity contribution in [1.82, 2.24) is 19.7 Å². The lowest BCUT2D eigenvalue weighted by atomic mass is 10.2. The predicted molar refractivity (Wildman–Crippen MR) is 98.5 cm³/mol. The smallest absolute Gasteiger partial charge is 0.432 e. The van der Waals surface area contributed by atoms with Gasteiger partial charge in [0.25, 0.3) is 0 Å². The highest BCUT2D eigenvalue weighted by Gasteiger charge is 2.29. The summed E-state index contributed by atoms with van der Waals surface area (Å²) in [5.41, 5.74) is -1.04. The van der Waals surface area contributed by atoms with E-state index in [1.165, 1.54) is 24.5 Å². The van der Waals surface area contributed by atoms with E-state index < -0.39 is 23.6 Å². The summed E-state index contributed by atoms with van der Waals surface area (Å²) < 4.78 is 20.9. The molecular formula is C17H15ClFN5O4. The Morgan fingerprint density at radius 2 is 2.04 bits per heavy atom. The van der Waals surface area contributed by atoms with Crippen molar-refractivity contribution in [2.24, 2.45) is 0 Å². The van der Waals surface area contributed by atoms with E-state index in [9.17, 15) is 14.0 Å². The summed E-state index contributed by atoms with van der Waals surface area (Å²) >= 11 is 5.81. The minimum absolute atomic E-state index is 0.0156. The first kappa shape index (κ1) is 19.5. The van der Waals surface area contributed by atoms with Crippen LogP contribution in [0.25, 0.3) is 10.9 Å². The Morgan fingerprint density at radius 1 is 1.32 bits per heavy atom. The molecule has 1 aromatic carbocycles. The highest BCUT2D eigenvalue weighted by Crippen LogP contribution is 2.32. The summed E-state index contributed by atoms with van der Waals surface area (Å²) in [7, 11) is 0. The van der Waals surface area contributed by atoms with Gasteiger partial charge in [-0.3, -0.25) is 0 Å². The van der Waals surface area contributed by atoms with Gasteiger partial charge < -0.3 is 9.84 Å². The SMILES string of the molecule is CC(C)(C)OC(=O)N(c1ccnc(Cl)n1)c1cc2cnn(C(=O)O)c2cc1F. The molecule has 0 atom stereocenters. The molecule has 3 rings (SSSR count). The summed E-state index contributed by atoms with van der Waals surface area (Å²) in [5.74, 6) is -0.894. The van der Waals surface area contributed by atoms with Crippen LogP contribution >= 0.6 is 11.6 Å². The molecule has 0 saturated carbocycles. The fraction of sp³-hybridized carbons (Fsp3) is 0.235. The van der Waals surface area contributed by atoms with E-state index in [4.69, 9.17) is 21.4 Å². The number of hydrogen-bond acceptors (Lipinski definition) is 6. The first-order chi connectivity index (χ1) is 13.1. The first-order valence-corrected chi connectivity index (χ1v) is 8.37. The summed E-state index contributed by atoms with van der Waals surface area (Å²) in [4.78, 5) is 32.6. The van der Waals surface area contributed by atoms with E-state index >= 15 is 0 Å². The molecule has 0 spiro atoms. The number of ether oxygens (including phenoxy) is 1. The largest absolute Gasteiger partial charge is 0.463 e. The Labute approximate surface area is 163 Å². The van der Waals surface area contributed by atoms with Crippen LogP contribution in [0, 0.1) is 5.82 Å². The number of carbonyl (C=O) groups excluding carboxylic acids is 1. The van der Waals surface area contributed by atoms with Gasteiger partial charge in [0.15, 0.2) is 0 Å². The minimum Gasteiger partial charge on any atom is -0.463 e. The number of nitrogens with zero attached hydrogens (tertiary/aromatic N) is 5. The predicted octanol–water partition coefficient (Wildman–Crippen LogP) is 4.22. The molecule has 9 nitrogen and oxygen atoms in total. The number of hydrogen-bond donors (Lipinski definition) is 1. The van der Waals surface area contributed by atoms with Crippen LogP contribution in [0.2, 0.25) is 5.28 Å². The monoisotopic (exact) mass is 407 g/mol. The quantitative estimate of drug-likeness (QED) is 0.633. The first-order valence-electron chi connectivity index (χ1n) is 7.99. The third kappa shape index (κ3) is 3.86. The number of carboxylic acid groups (broad SMARTS) is 1. The normalized spacial score (nSPS) is 11.5. The molecule has 0 aliphatic rings. The van der Waals surface area contributed by atoms with E-state index in [0.29, 0.717) is 10.1 Å². The van der Waals surface area contributed by atoms with E-state index in [0.717, 1.165) is 11.0 Å². The Morgan fingerprint density at radius 3 is 2.64 bits per heavy atom. The van der Waals surface area contributed by atoms with Crippen molar-refractivity contribution in [3.63, 3.8) is 0 Å². The van der Waals surface area contributed by atoms with Gasteiger partial charge in [-0.25, -0.2) is 23.9 Å². The molecule has 0 unspecified atom stereocenters. The molecule has 146 valence electrons. The highest BCUT2D eigenvalue weighted by molar-refractivity contribution is 6.28. The summed E-state index contributed by atoms with van der Waals surface area (Å²) in [6.07, 6.45) is 0.285. The molecule has 0 fully saturated rings. The van der Waals surface area contributed by atoms with Gasteiger partial charge in [0, 0.05) is 23.7 Å². The molecule has 0 radical (unpaired) electrons. The maximum atomic E-state index is 14.9. The highest BCUT2D eigenvalue weighted by atomic mass is 35.5. The van der Waals surface area contributed by atoms with Crippen molar-refractivity contribution in [3.8, 4) is 0 Å². The van der Waals surface area contributed by atoms with Crippen molar-refractivity contribution in [3.05, 3.63) is 41.7 Å². The Bertz CT molecular complexity index is 1080. The Balaban J connectivity index is 2.18. The molecule has 0 bridgehead atoms. The zero-order valence-electron chi connectivity index (χ0n) is 15.1. The number of aromatic nitrogens is 4. The lowest BCUT2D eigenvalue weighted by Gasteiger charge is -2.27. The standard InChI is InChI=1S/C17H15ClFN5O4/c1-17(2,3)28-16(27)23(13-4-5-20-14(18)22-13)12-6-9-8-21-24(15(25)26)11(9)7-10(12)19/h4-8H,1-3H3,(H,25,26). The summed E-state index contributed by atoms with van der Waals surface area (Å²) in [5, 5.41) is 13.0. The molecule has 0 aliphatic heterocycles. The number of halogens is 2. The third-order valence-electron chi connectivity index (χ3n) is 3.48. The number of carbonyl (C=O) groups is 2. The van der Waals surface area contributed by atoms with Gasteiger partial charge in [0.05, 0.1) is 17.4 Å². The van der Waals surface area contributed by atoms with Crippen LogP contribution in [-0.4, -0.2) is 42.6 Å². The lowest BCUT2D eigenvalue weighted by Crippen LogP contribution is -2.34. The maximum absolute atomic E-state index is 14.9. The van der Waals surface area contributed by atoms with Gasteiger partial charge in [0.2, 0.25) is 5.28 Å². The van der Waals surface area contributed by atoms with E-state index in [1.54, 1.807) is 20.8 Å². The molecule has 1 N–H and O–H groups in total. The average molecular weight is 408 g/mol. The summed E-state index contributed by atoms with van der Waals surface area (Å²) in [6, 6.07) is 3.60. The van der Waals surface area contributed by atoms with Crippen molar-refractivity contribution in [2.75, 3.05) is 4.90 Å². The van der Waals surface area contributed by atoms with Crippen LogP contribution < -0.4 is 4.90 Å². The Hall–Kier alpha value is -3.27. The van der Waals surface area contributed by atoms with Crippen molar-refractivity contribution in [2.45, 2.75) is 26.4 Å². The van der Waals surface area contributed by atoms with Gasteiger partial charge in [-0.15, -0.1) is 0 Å². The van der Waals surface area contributed by atoms with Gasteiger partial charge in [0.1, 0.15) is 17.2 Å². The number of benzene rings is 1. The zero-order valence-corrected chi connectivity index (χ0v) is 15.8. The van der Waals surface area contributed by atoms with Crippen LogP contribution in [0.1, 0.15) is 20.8 Å². The van der Waals surface area contributed by atoms with Crippen LogP contribution in [0.15, 0.2) is 30.6 Å². The van der Waals surface area contributed by atoms with Crippen LogP contribution in [0.5, 0.6) is 0 Å². The average Bonchev–Trinajstić information content (AvgIpc) is 2.96. The molecule has 2 aromatic heterocycles. The van der Waals surface area contributed by atoms with Gasteiger partial charge >= 0.3 is 12.2 Å². The van der Waals surface area contributed by atoms with E-state index in [2.05, 4.69) is 15.1 Å². The lowest BCUT2D eigenvalue weighted by molar-refractivity contribution is 0.0597. The fourth-order valence-corrected chi connectivity index (χ4v) is 2.58. The zero-order chi connectivity index (χ0) is 20.6. The van der Waals surface area contributed by atoms with Crippen molar-refractivity contribution in [1.29, 1.82) is 0 Å². The molecule has 2 heterocycles. The second-order valence-corrected chi connectivity index (χ2v) is 7.04. The maximum Gasteiger partial charge on any atom is 0.432 e. The molecule has 3 aromatic rings. The van der Waals surface area contributed by atoms with Crippen molar-refractivity contribution >= 4 is 46.2 Å². The molecule has 0 saturated heterocycles. The molecule has 1 amide bonds. The third-order valence-corrected chi connectivity index (χ3v) is 3.66. The number of fused-ring (bicyclic) bond motifs is 1. The van der Waals surface area contributed by atoms with Crippen LogP contribution in [0.4, 0.5) is 25.5 Å². The molecule has 28 heavy (non-hydrogen) atoms. The van der Waals surface area contributed by atoms with Gasteiger partial charge in [-0.1, -0.05) is 0 Å². The molecular weight excluding hydrogens is 393 g/mol. The number of rotatable bonds is 2. The fourth-order valence-electron chi connectivity index (χ4n) is 2.43. The van der Waals surface area contributed by atoms with E-state index in [1.807, 2.05) is 0 Å². The van der Waals surface area contributed by atoms with Gasteiger partial charge in [-0.05, 0) is 38.4 Å². The van der Waals surface area contributed by atoms with Crippen LogP contribution in [0.3, 0.4) is 0 Å². The molecule has 11 heteroatoms. The number of amides is 1. The second-order valence-electron chi connectivity index (χ2n) is 6.70. The van der Waals surface area contributed by atoms with Crippen LogP contribution in [-0.2, 0) is 4.74 Å². The number of anilines is 2. The Kier molecular flexibility index (Phi) is 4.90. The van der Waals surface area contributed by atoms with Gasteiger partial charge in [-0.2, -0.15) is 14.8 Å². The second kappa shape index (κ2) is 7.04.